The summed E-state index contributed by atoms with van der Waals surface area (Å²) in [4.78, 5) is 23.2. The highest BCUT2D eigenvalue weighted by atomic mass is 16.5. The van der Waals surface area contributed by atoms with E-state index in [4.69, 9.17) is 0 Å². The lowest BCUT2D eigenvalue weighted by molar-refractivity contribution is 0.0602. The molecule has 1 aromatic rings. The largest absolute Gasteiger partial charge is 0.465 e. The van der Waals surface area contributed by atoms with Gasteiger partial charge in [0.25, 0.3) is 0 Å². The van der Waals surface area contributed by atoms with E-state index in [0.29, 0.717) is 11.3 Å². The van der Waals surface area contributed by atoms with Crippen LogP contribution >= 0.6 is 0 Å². The van der Waals surface area contributed by atoms with Gasteiger partial charge in [-0.2, -0.15) is 0 Å². The molecule has 0 aliphatic heterocycles. The lowest BCUT2D eigenvalue weighted by atomic mass is 9.93. The number of benzene rings is 1. The Labute approximate surface area is 106 Å². The number of carbonyl (C=O) groups is 2. The fourth-order valence-electron chi connectivity index (χ4n) is 1.78. The first kappa shape index (κ1) is 12.4. The van der Waals surface area contributed by atoms with Crippen LogP contribution in [0.25, 0.3) is 0 Å². The van der Waals surface area contributed by atoms with Gasteiger partial charge in [0.2, 0.25) is 0 Å². The van der Waals surface area contributed by atoms with Crippen molar-refractivity contribution in [1.29, 1.82) is 0 Å². The summed E-state index contributed by atoms with van der Waals surface area (Å²) < 4.78 is 4.66. The maximum atomic E-state index is 11.7. The van der Waals surface area contributed by atoms with Crippen LogP contribution in [0.5, 0.6) is 0 Å². The van der Waals surface area contributed by atoms with E-state index in [1.807, 2.05) is 0 Å². The van der Waals surface area contributed by atoms with Crippen LogP contribution in [0.2, 0.25) is 0 Å². The SMILES string of the molecule is COC(=O)c1ccccc1NC(=O)NC1CCC1. The minimum Gasteiger partial charge on any atom is -0.465 e. The zero-order chi connectivity index (χ0) is 13.0. The first-order valence-electron chi connectivity index (χ1n) is 5.95. The van der Waals surface area contributed by atoms with Crippen LogP contribution in [0.3, 0.4) is 0 Å². The Balaban J connectivity index is 2.03. The van der Waals surface area contributed by atoms with E-state index in [9.17, 15) is 9.59 Å². The number of rotatable bonds is 3. The van der Waals surface area contributed by atoms with E-state index in [1.54, 1.807) is 24.3 Å². The molecular formula is C13H16N2O3. The highest BCUT2D eigenvalue weighted by Crippen LogP contribution is 2.19. The topological polar surface area (TPSA) is 67.4 Å². The highest BCUT2D eigenvalue weighted by molar-refractivity contribution is 6.00. The molecule has 1 aliphatic carbocycles. The molecule has 0 aromatic heterocycles. The number of hydrogen-bond acceptors (Lipinski definition) is 3. The van der Waals surface area contributed by atoms with Crippen LogP contribution in [0, 0.1) is 0 Å². The van der Waals surface area contributed by atoms with Gasteiger partial charge in [-0.05, 0) is 31.4 Å². The average molecular weight is 248 g/mol. The van der Waals surface area contributed by atoms with E-state index < -0.39 is 5.97 Å². The maximum Gasteiger partial charge on any atom is 0.339 e. The Kier molecular flexibility index (Phi) is 3.82. The minimum atomic E-state index is -0.463. The number of para-hydroxylation sites is 1. The Morgan fingerprint density at radius 2 is 2.00 bits per heavy atom. The molecule has 2 rings (SSSR count). The molecule has 5 nitrogen and oxygen atoms in total. The molecule has 0 radical (unpaired) electrons. The Morgan fingerprint density at radius 1 is 1.28 bits per heavy atom. The van der Waals surface area contributed by atoms with Crippen molar-refractivity contribution in [2.45, 2.75) is 25.3 Å². The van der Waals surface area contributed by atoms with E-state index in [2.05, 4.69) is 15.4 Å². The van der Waals surface area contributed by atoms with Crippen molar-refractivity contribution in [1.82, 2.24) is 5.32 Å². The molecule has 1 saturated carbocycles. The second-order valence-corrected chi connectivity index (χ2v) is 4.26. The van der Waals surface area contributed by atoms with Gasteiger partial charge in [0.15, 0.2) is 0 Å². The molecule has 0 bridgehead atoms. The molecule has 2 N–H and O–H groups in total. The van der Waals surface area contributed by atoms with Gasteiger partial charge < -0.3 is 15.4 Å². The molecule has 0 spiro atoms. The molecule has 18 heavy (non-hydrogen) atoms. The third-order valence-electron chi connectivity index (χ3n) is 3.02. The number of nitrogens with one attached hydrogen (secondary N) is 2. The molecule has 1 aliphatic rings. The van der Waals surface area contributed by atoms with Gasteiger partial charge >= 0.3 is 12.0 Å². The van der Waals surface area contributed by atoms with E-state index >= 15 is 0 Å². The van der Waals surface area contributed by atoms with E-state index in [1.165, 1.54) is 7.11 Å². The van der Waals surface area contributed by atoms with E-state index in [0.717, 1.165) is 19.3 Å². The fourth-order valence-corrected chi connectivity index (χ4v) is 1.78. The number of carbonyl (C=O) groups excluding carboxylic acids is 2. The van der Waals surface area contributed by atoms with Crippen molar-refractivity contribution in [2.75, 3.05) is 12.4 Å². The molecule has 2 amide bonds. The summed E-state index contributed by atoms with van der Waals surface area (Å²) in [7, 11) is 1.31. The summed E-state index contributed by atoms with van der Waals surface area (Å²) in [6.45, 7) is 0. The van der Waals surface area contributed by atoms with Crippen molar-refractivity contribution >= 4 is 17.7 Å². The summed E-state index contributed by atoms with van der Waals surface area (Å²) in [6.07, 6.45) is 3.20. The molecule has 0 saturated heterocycles. The summed E-state index contributed by atoms with van der Waals surface area (Å²) in [5, 5.41) is 5.52. The molecule has 0 atom stereocenters. The number of esters is 1. The normalized spacial score (nSPS) is 14.5. The van der Waals surface area contributed by atoms with Gasteiger partial charge in [-0.15, -0.1) is 0 Å². The van der Waals surface area contributed by atoms with Crippen LogP contribution in [0.1, 0.15) is 29.6 Å². The lowest BCUT2D eigenvalue weighted by Crippen LogP contribution is -2.42. The van der Waals surface area contributed by atoms with Gasteiger partial charge in [-0.25, -0.2) is 9.59 Å². The zero-order valence-electron chi connectivity index (χ0n) is 10.2. The van der Waals surface area contributed by atoms with Gasteiger partial charge in [0.05, 0.1) is 18.4 Å². The van der Waals surface area contributed by atoms with Crippen LogP contribution in [0.4, 0.5) is 10.5 Å². The predicted octanol–water partition coefficient (Wildman–Crippen LogP) is 2.15. The van der Waals surface area contributed by atoms with Crippen molar-refractivity contribution in [3.8, 4) is 0 Å². The van der Waals surface area contributed by atoms with Gasteiger partial charge in [0, 0.05) is 6.04 Å². The minimum absolute atomic E-state index is 0.260. The molecule has 5 heteroatoms. The maximum absolute atomic E-state index is 11.7. The number of amides is 2. The molecular weight excluding hydrogens is 232 g/mol. The van der Waals surface area contributed by atoms with Crippen LogP contribution in [-0.2, 0) is 4.74 Å². The van der Waals surface area contributed by atoms with Crippen LogP contribution < -0.4 is 10.6 Å². The third-order valence-corrected chi connectivity index (χ3v) is 3.02. The number of ether oxygens (including phenoxy) is 1. The second kappa shape index (κ2) is 5.53. The number of hydrogen-bond donors (Lipinski definition) is 2. The number of urea groups is 1. The summed E-state index contributed by atoms with van der Waals surface area (Å²) in [6, 6.07) is 6.75. The van der Waals surface area contributed by atoms with E-state index in [-0.39, 0.29) is 12.1 Å². The van der Waals surface area contributed by atoms with Crippen molar-refractivity contribution in [3.63, 3.8) is 0 Å². The van der Waals surface area contributed by atoms with Crippen molar-refractivity contribution in [2.24, 2.45) is 0 Å². The smallest absolute Gasteiger partial charge is 0.339 e. The monoisotopic (exact) mass is 248 g/mol. The summed E-state index contributed by atoms with van der Waals surface area (Å²) in [5.74, 6) is -0.463. The Bertz CT molecular complexity index is 455. The first-order valence-corrected chi connectivity index (χ1v) is 5.95. The first-order chi connectivity index (χ1) is 8.70. The second-order valence-electron chi connectivity index (χ2n) is 4.26. The standard InChI is InChI=1S/C13H16N2O3/c1-18-12(16)10-7-2-3-8-11(10)15-13(17)14-9-5-4-6-9/h2-3,7-9H,4-6H2,1H3,(H2,14,15,17). The highest BCUT2D eigenvalue weighted by Gasteiger charge is 2.20. The van der Waals surface area contributed by atoms with Gasteiger partial charge in [-0.3, -0.25) is 0 Å². The van der Waals surface area contributed by atoms with Crippen molar-refractivity contribution in [3.05, 3.63) is 29.8 Å². The Hall–Kier alpha value is -2.04. The van der Waals surface area contributed by atoms with Crippen molar-refractivity contribution < 1.29 is 14.3 Å². The third kappa shape index (κ3) is 2.80. The van der Waals surface area contributed by atoms with Gasteiger partial charge in [-0.1, -0.05) is 12.1 Å². The predicted molar refractivity (Wildman–Crippen MR) is 67.6 cm³/mol. The lowest BCUT2D eigenvalue weighted by Gasteiger charge is -2.26. The summed E-state index contributed by atoms with van der Waals surface area (Å²) in [5.41, 5.74) is 0.810. The molecule has 1 fully saturated rings. The van der Waals surface area contributed by atoms with Gasteiger partial charge in [0.1, 0.15) is 0 Å². The molecule has 96 valence electrons. The number of methoxy groups -OCH3 is 1. The molecule has 0 unspecified atom stereocenters. The average Bonchev–Trinajstić information content (AvgIpc) is 2.34. The molecule has 1 aromatic carbocycles. The molecule has 0 heterocycles. The quantitative estimate of drug-likeness (QED) is 0.805. The van der Waals surface area contributed by atoms with Crippen LogP contribution in [-0.4, -0.2) is 25.2 Å². The zero-order valence-corrected chi connectivity index (χ0v) is 10.2. The number of anilines is 1. The van der Waals surface area contributed by atoms with Crippen LogP contribution in [0.15, 0.2) is 24.3 Å². The Morgan fingerprint density at radius 3 is 2.61 bits per heavy atom. The summed E-state index contributed by atoms with van der Waals surface area (Å²) >= 11 is 0. The fraction of sp³-hybridized carbons (Fsp3) is 0.385.